The maximum Gasteiger partial charge on any atom is 0.329 e. The molecule has 1 aromatic heterocycles. The van der Waals surface area contributed by atoms with Gasteiger partial charge in [-0.05, 0) is 42.2 Å². The molecule has 2 aliphatic heterocycles. The van der Waals surface area contributed by atoms with Crippen molar-refractivity contribution in [3.05, 3.63) is 54.0 Å². The normalized spacial score (nSPS) is 29.1. The van der Waals surface area contributed by atoms with Crippen molar-refractivity contribution in [3.63, 3.8) is 0 Å². The topological polar surface area (TPSA) is 126 Å². The highest BCUT2D eigenvalue weighted by atomic mass is 16.8. The van der Waals surface area contributed by atoms with Crippen LogP contribution in [0.1, 0.15) is 50.7 Å². The molecular formula is C25H31NO9. The molecule has 3 heterocycles. The summed E-state index contributed by atoms with van der Waals surface area (Å²) in [5, 5.41) is 12.0. The number of carboxylic acids is 1. The predicted octanol–water partition coefficient (Wildman–Crippen LogP) is 2.99. The van der Waals surface area contributed by atoms with Crippen LogP contribution < -0.4 is 10.1 Å². The van der Waals surface area contributed by atoms with Gasteiger partial charge < -0.3 is 38.5 Å². The zero-order valence-electron chi connectivity index (χ0n) is 19.9. The third kappa shape index (κ3) is 6.02. The molecule has 0 saturated carbocycles. The van der Waals surface area contributed by atoms with Crippen molar-refractivity contribution in [1.29, 1.82) is 0 Å². The molecule has 10 nitrogen and oxygen atoms in total. The van der Waals surface area contributed by atoms with Crippen LogP contribution in [0.15, 0.2) is 47.1 Å². The van der Waals surface area contributed by atoms with Gasteiger partial charge in [0.05, 0.1) is 12.9 Å². The quantitative estimate of drug-likeness (QED) is 0.547. The number of aliphatic carboxylic acids is 1. The highest BCUT2D eigenvalue weighted by Crippen LogP contribution is 2.36. The zero-order valence-corrected chi connectivity index (χ0v) is 19.9. The Morgan fingerprint density at radius 2 is 1.97 bits per heavy atom. The standard InChI is InChI=1S/C25H31NO9/c1-4-14(2)16-7-9-17(10-8-16)33-25-21(26-15(3)27)23(31-13-20(28)29)22-19(34-25)12-32-24(35-22)18-6-5-11-30-18/h5-11,14,19,21-25H,4,12-13H2,1-3H3,(H,26,27)(H,28,29). The van der Waals surface area contributed by atoms with Crippen LogP contribution in [-0.2, 0) is 28.5 Å². The number of carbonyl (C=O) groups is 2. The fourth-order valence-electron chi connectivity index (χ4n) is 4.24. The molecule has 2 saturated heterocycles. The first-order valence-electron chi connectivity index (χ1n) is 11.7. The summed E-state index contributed by atoms with van der Waals surface area (Å²) in [7, 11) is 0. The average Bonchev–Trinajstić information content (AvgIpc) is 3.38. The van der Waals surface area contributed by atoms with E-state index in [-0.39, 0.29) is 12.5 Å². The first-order valence-corrected chi connectivity index (χ1v) is 11.7. The van der Waals surface area contributed by atoms with E-state index in [4.69, 9.17) is 28.1 Å². The van der Waals surface area contributed by atoms with Gasteiger partial charge in [0, 0.05) is 6.92 Å². The zero-order chi connectivity index (χ0) is 24.9. The van der Waals surface area contributed by atoms with Crippen LogP contribution in [0, 0.1) is 0 Å². The van der Waals surface area contributed by atoms with E-state index in [0.717, 1.165) is 6.42 Å². The molecule has 0 aliphatic carbocycles. The van der Waals surface area contributed by atoms with E-state index in [1.165, 1.54) is 18.8 Å². The summed E-state index contributed by atoms with van der Waals surface area (Å²) in [5.41, 5.74) is 1.18. The van der Waals surface area contributed by atoms with Crippen LogP contribution in [-0.4, -0.2) is 60.8 Å². The van der Waals surface area contributed by atoms with Crippen LogP contribution in [0.4, 0.5) is 0 Å². The summed E-state index contributed by atoms with van der Waals surface area (Å²) in [6.07, 6.45) is -1.55. The van der Waals surface area contributed by atoms with Gasteiger partial charge in [0.2, 0.25) is 18.5 Å². The molecular weight excluding hydrogens is 458 g/mol. The molecule has 7 unspecified atom stereocenters. The van der Waals surface area contributed by atoms with Crippen LogP contribution >= 0.6 is 0 Å². The van der Waals surface area contributed by atoms with E-state index in [0.29, 0.717) is 17.4 Å². The van der Waals surface area contributed by atoms with Crippen molar-refractivity contribution in [2.24, 2.45) is 0 Å². The number of benzene rings is 1. The first-order chi connectivity index (χ1) is 16.9. The Labute approximate surface area is 203 Å². The lowest BCUT2D eigenvalue weighted by molar-refractivity contribution is -0.340. The van der Waals surface area contributed by atoms with Crippen molar-refractivity contribution in [2.45, 2.75) is 70.0 Å². The third-order valence-electron chi connectivity index (χ3n) is 6.20. The second-order valence-electron chi connectivity index (χ2n) is 8.72. The van der Waals surface area contributed by atoms with Gasteiger partial charge in [-0.1, -0.05) is 26.0 Å². The second kappa shape index (κ2) is 11.2. The molecule has 7 atom stereocenters. The molecule has 2 N–H and O–H groups in total. The molecule has 1 amide bonds. The fourth-order valence-corrected chi connectivity index (χ4v) is 4.24. The molecule has 1 aromatic carbocycles. The number of nitrogens with one attached hydrogen (secondary N) is 1. The predicted molar refractivity (Wildman–Crippen MR) is 122 cm³/mol. The van der Waals surface area contributed by atoms with E-state index in [1.54, 1.807) is 12.1 Å². The Balaban J connectivity index is 1.58. The summed E-state index contributed by atoms with van der Waals surface area (Å²) in [5.74, 6) is -0.0933. The van der Waals surface area contributed by atoms with Gasteiger partial charge in [-0.2, -0.15) is 0 Å². The number of ether oxygens (including phenoxy) is 5. The first kappa shape index (κ1) is 25.2. The maximum atomic E-state index is 12.1. The van der Waals surface area contributed by atoms with E-state index in [1.807, 2.05) is 24.3 Å². The van der Waals surface area contributed by atoms with Crippen LogP contribution in [0.5, 0.6) is 5.75 Å². The Morgan fingerprint density at radius 3 is 2.60 bits per heavy atom. The number of amides is 1. The summed E-state index contributed by atoms with van der Waals surface area (Å²) < 4.78 is 35.3. The minimum absolute atomic E-state index is 0.128. The summed E-state index contributed by atoms with van der Waals surface area (Å²) >= 11 is 0. The second-order valence-corrected chi connectivity index (χ2v) is 8.72. The molecule has 35 heavy (non-hydrogen) atoms. The van der Waals surface area contributed by atoms with Crippen LogP contribution in [0.2, 0.25) is 0 Å². The fraction of sp³-hybridized carbons (Fsp3) is 0.520. The lowest BCUT2D eigenvalue weighted by Crippen LogP contribution is -2.68. The van der Waals surface area contributed by atoms with Crippen molar-refractivity contribution in [1.82, 2.24) is 5.32 Å². The minimum Gasteiger partial charge on any atom is -0.480 e. The largest absolute Gasteiger partial charge is 0.480 e. The van der Waals surface area contributed by atoms with Gasteiger partial charge >= 0.3 is 5.97 Å². The average molecular weight is 490 g/mol. The summed E-state index contributed by atoms with van der Waals surface area (Å²) in [4.78, 5) is 23.4. The molecule has 2 aliphatic rings. The number of hydrogen-bond acceptors (Lipinski definition) is 8. The van der Waals surface area contributed by atoms with Crippen molar-refractivity contribution < 1.29 is 42.8 Å². The Kier molecular flexibility index (Phi) is 8.07. The van der Waals surface area contributed by atoms with Gasteiger partial charge in [0.15, 0.2) is 5.76 Å². The summed E-state index contributed by atoms with van der Waals surface area (Å²) in [6, 6.07) is 10.2. The lowest BCUT2D eigenvalue weighted by Gasteiger charge is -2.48. The van der Waals surface area contributed by atoms with E-state index in [2.05, 4.69) is 19.2 Å². The van der Waals surface area contributed by atoms with Gasteiger partial charge in [-0.3, -0.25) is 4.79 Å². The van der Waals surface area contributed by atoms with Crippen molar-refractivity contribution in [3.8, 4) is 5.75 Å². The van der Waals surface area contributed by atoms with Crippen molar-refractivity contribution >= 4 is 11.9 Å². The SMILES string of the molecule is CCC(C)c1ccc(OC2OC3COC(c4ccco4)OC3C(OCC(=O)O)C2NC(C)=O)cc1. The monoisotopic (exact) mass is 489 g/mol. The number of rotatable bonds is 9. The highest BCUT2D eigenvalue weighted by molar-refractivity contribution is 5.73. The van der Waals surface area contributed by atoms with Gasteiger partial charge in [0.25, 0.3) is 0 Å². The number of carbonyl (C=O) groups excluding carboxylic acids is 1. The Morgan fingerprint density at radius 1 is 1.20 bits per heavy atom. The highest BCUT2D eigenvalue weighted by Gasteiger charge is 2.52. The Hall–Kier alpha value is -2.92. The molecule has 2 aromatic rings. The van der Waals surface area contributed by atoms with Crippen LogP contribution in [0.3, 0.4) is 0 Å². The molecule has 0 radical (unpaired) electrons. The summed E-state index contributed by atoms with van der Waals surface area (Å²) in [6.45, 7) is 5.17. The molecule has 190 valence electrons. The number of hydrogen-bond donors (Lipinski definition) is 2. The minimum atomic E-state index is -1.15. The van der Waals surface area contributed by atoms with E-state index >= 15 is 0 Å². The lowest BCUT2D eigenvalue weighted by atomic mass is 9.95. The van der Waals surface area contributed by atoms with Gasteiger partial charge in [0.1, 0.15) is 36.7 Å². The van der Waals surface area contributed by atoms with Gasteiger partial charge in [-0.25, -0.2) is 4.79 Å². The number of carboxylic acid groups (broad SMARTS) is 1. The molecule has 0 bridgehead atoms. The number of fused-ring (bicyclic) bond motifs is 1. The van der Waals surface area contributed by atoms with Crippen molar-refractivity contribution in [2.75, 3.05) is 13.2 Å². The third-order valence-corrected chi connectivity index (χ3v) is 6.20. The smallest absolute Gasteiger partial charge is 0.329 e. The molecule has 0 spiro atoms. The molecule has 4 rings (SSSR count). The van der Waals surface area contributed by atoms with E-state index < -0.39 is 49.5 Å². The van der Waals surface area contributed by atoms with E-state index in [9.17, 15) is 14.7 Å². The maximum absolute atomic E-state index is 12.1. The molecule has 2 fully saturated rings. The molecule has 10 heteroatoms. The van der Waals surface area contributed by atoms with Crippen LogP contribution in [0.25, 0.3) is 0 Å². The number of furan rings is 1. The Bertz CT molecular complexity index is 977. The van der Waals surface area contributed by atoms with Gasteiger partial charge in [-0.15, -0.1) is 0 Å².